The molecule has 1 aromatic carbocycles. The molecule has 1 aliphatic rings. The van der Waals surface area contributed by atoms with Crippen LogP contribution < -0.4 is 10.3 Å². The summed E-state index contributed by atoms with van der Waals surface area (Å²) in [5.74, 6) is 0.486. The molecule has 0 unspecified atom stereocenters. The summed E-state index contributed by atoms with van der Waals surface area (Å²) in [6.07, 6.45) is 5.75. The van der Waals surface area contributed by atoms with Gasteiger partial charge in [-0.3, -0.25) is 4.79 Å². The lowest BCUT2D eigenvalue weighted by Crippen LogP contribution is -2.14. The van der Waals surface area contributed by atoms with Gasteiger partial charge in [0.25, 0.3) is 5.56 Å². The summed E-state index contributed by atoms with van der Waals surface area (Å²) in [6.45, 7) is 0. The molecular formula is C13H14N2O3. The molecule has 2 aromatic rings. The van der Waals surface area contributed by atoms with Gasteiger partial charge in [-0.2, -0.15) is 0 Å². The fraction of sp³-hybridized carbons (Fsp3) is 0.385. The maximum absolute atomic E-state index is 11.8. The number of H-pyrrole nitrogens is 1. The minimum Gasteiger partial charge on any atom is -0.508 e. The minimum atomic E-state index is -0.243. The van der Waals surface area contributed by atoms with Gasteiger partial charge in [-0.25, -0.2) is 4.98 Å². The van der Waals surface area contributed by atoms with Crippen LogP contribution in [0.15, 0.2) is 23.3 Å². The number of fused-ring (bicyclic) bond motifs is 1. The largest absolute Gasteiger partial charge is 0.508 e. The number of hydrogen-bond acceptors (Lipinski definition) is 4. The monoisotopic (exact) mass is 246 g/mol. The highest BCUT2D eigenvalue weighted by Crippen LogP contribution is 2.30. The van der Waals surface area contributed by atoms with E-state index in [0.29, 0.717) is 16.7 Å². The fourth-order valence-corrected chi connectivity index (χ4v) is 2.43. The highest BCUT2D eigenvalue weighted by Gasteiger charge is 2.19. The molecule has 0 atom stereocenters. The van der Waals surface area contributed by atoms with Crippen LogP contribution in [0.1, 0.15) is 25.7 Å². The summed E-state index contributed by atoms with van der Waals surface area (Å²) in [5.41, 5.74) is 0.208. The normalized spacial score (nSPS) is 16.2. The van der Waals surface area contributed by atoms with E-state index in [4.69, 9.17) is 4.74 Å². The van der Waals surface area contributed by atoms with Gasteiger partial charge < -0.3 is 14.8 Å². The molecule has 0 saturated heterocycles. The van der Waals surface area contributed by atoms with Crippen molar-refractivity contribution in [3.05, 3.63) is 28.8 Å². The van der Waals surface area contributed by atoms with Crippen molar-refractivity contribution < 1.29 is 9.84 Å². The zero-order valence-corrected chi connectivity index (χ0v) is 9.85. The number of hydrogen-bond donors (Lipinski definition) is 2. The van der Waals surface area contributed by atoms with Crippen LogP contribution in [-0.2, 0) is 0 Å². The van der Waals surface area contributed by atoms with E-state index >= 15 is 0 Å². The lowest BCUT2D eigenvalue weighted by atomic mass is 10.2. The van der Waals surface area contributed by atoms with Crippen LogP contribution in [-0.4, -0.2) is 21.2 Å². The van der Waals surface area contributed by atoms with Crippen molar-refractivity contribution in [1.29, 1.82) is 0 Å². The maximum atomic E-state index is 11.8. The van der Waals surface area contributed by atoms with Crippen LogP contribution in [0.4, 0.5) is 0 Å². The second-order valence-electron chi connectivity index (χ2n) is 4.59. The Morgan fingerprint density at radius 1 is 1.33 bits per heavy atom. The van der Waals surface area contributed by atoms with Crippen molar-refractivity contribution in [2.24, 2.45) is 0 Å². The molecule has 3 rings (SSSR count). The van der Waals surface area contributed by atoms with Gasteiger partial charge in [-0.05, 0) is 25.7 Å². The van der Waals surface area contributed by atoms with Crippen molar-refractivity contribution in [1.82, 2.24) is 9.97 Å². The summed E-state index contributed by atoms with van der Waals surface area (Å²) in [5, 5.41) is 10.0. The van der Waals surface area contributed by atoms with E-state index in [-0.39, 0.29) is 17.4 Å². The highest BCUT2D eigenvalue weighted by atomic mass is 16.5. The summed E-state index contributed by atoms with van der Waals surface area (Å²) < 4.78 is 5.83. The van der Waals surface area contributed by atoms with Crippen LogP contribution in [0.25, 0.3) is 10.9 Å². The first-order valence-electron chi connectivity index (χ1n) is 6.11. The summed E-state index contributed by atoms with van der Waals surface area (Å²) in [7, 11) is 0. The molecule has 0 spiro atoms. The smallest absolute Gasteiger partial charge is 0.262 e. The molecule has 0 bridgehead atoms. The predicted octanol–water partition coefficient (Wildman–Crippen LogP) is 1.95. The van der Waals surface area contributed by atoms with Gasteiger partial charge in [0.1, 0.15) is 16.9 Å². The van der Waals surface area contributed by atoms with Crippen molar-refractivity contribution in [3.63, 3.8) is 0 Å². The number of phenolic OH excluding ortho intramolecular Hbond substituents is 1. The van der Waals surface area contributed by atoms with Crippen LogP contribution in [0.3, 0.4) is 0 Å². The van der Waals surface area contributed by atoms with Gasteiger partial charge in [-0.15, -0.1) is 0 Å². The number of aromatic nitrogens is 2. The zero-order valence-electron chi connectivity index (χ0n) is 9.85. The van der Waals surface area contributed by atoms with Crippen molar-refractivity contribution >= 4 is 10.9 Å². The van der Waals surface area contributed by atoms with Crippen LogP contribution in [0.2, 0.25) is 0 Å². The number of aromatic amines is 1. The van der Waals surface area contributed by atoms with E-state index < -0.39 is 0 Å². The number of aromatic hydroxyl groups is 1. The van der Waals surface area contributed by atoms with E-state index in [1.54, 1.807) is 0 Å². The second-order valence-corrected chi connectivity index (χ2v) is 4.59. The second kappa shape index (κ2) is 4.33. The Morgan fingerprint density at radius 3 is 2.89 bits per heavy atom. The molecule has 1 saturated carbocycles. The van der Waals surface area contributed by atoms with Crippen LogP contribution >= 0.6 is 0 Å². The molecular weight excluding hydrogens is 232 g/mol. The first-order valence-corrected chi connectivity index (χ1v) is 6.11. The molecule has 94 valence electrons. The number of rotatable bonds is 2. The fourth-order valence-electron chi connectivity index (χ4n) is 2.43. The first-order chi connectivity index (χ1) is 8.74. The van der Waals surface area contributed by atoms with Crippen LogP contribution in [0.5, 0.6) is 11.5 Å². The van der Waals surface area contributed by atoms with E-state index in [1.165, 1.54) is 18.5 Å². The maximum Gasteiger partial charge on any atom is 0.262 e. The summed E-state index contributed by atoms with van der Waals surface area (Å²) >= 11 is 0. The third-order valence-corrected chi connectivity index (χ3v) is 3.29. The lowest BCUT2D eigenvalue weighted by Gasteiger charge is -2.14. The molecule has 0 aliphatic heterocycles. The van der Waals surface area contributed by atoms with Crippen molar-refractivity contribution in [3.8, 4) is 11.5 Å². The Balaban J connectivity index is 2.11. The number of nitrogens with zero attached hydrogens (tertiary/aromatic N) is 1. The lowest BCUT2D eigenvalue weighted by molar-refractivity contribution is 0.212. The number of ether oxygens (including phenoxy) is 1. The minimum absolute atomic E-state index is 0.0635. The molecule has 0 amide bonds. The van der Waals surface area contributed by atoms with Crippen molar-refractivity contribution in [2.45, 2.75) is 31.8 Å². The first kappa shape index (κ1) is 11.1. The van der Waals surface area contributed by atoms with E-state index in [0.717, 1.165) is 25.7 Å². The molecule has 0 radical (unpaired) electrons. The molecule has 1 aromatic heterocycles. The summed E-state index contributed by atoms with van der Waals surface area (Å²) in [6, 6.07) is 2.95. The molecule has 18 heavy (non-hydrogen) atoms. The number of nitrogens with one attached hydrogen (secondary N) is 1. The molecule has 1 fully saturated rings. The Bertz CT molecular complexity index is 630. The Morgan fingerprint density at radius 2 is 2.11 bits per heavy atom. The van der Waals surface area contributed by atoms with Crippen LogP contribution in [0, 0.1) is 0 Å². The van der Waals surface area contributed by atoms with Gasteiger partial charge >= 0.3 is 0 Å². The van der Waals surface area contributed by atoms with E-state index in [9.17, 15) is 9.90 Å². The molecule has 2 N–H and O–H groups in total. The van der Waals surface area contributed by atoms with E-state index in [2.05, 4.69) is 9.97 Å². The quantitative estimate of drug-likeness (QED) is 0.849. The zero-order chi connectivity index (χ0) is 12.5. The Hall–Kier alpha value is -2.04. The van der Waals surface area contributed by atoms with Crippen molar-refractivity contribution in [2.75, 3.05) is 0 Å². The highest BCUT2D eigenvalue weighted by molar-refractivity contribution is 5.85. The molecule has 1 aliphatic carbocycles. The predicted molar refractivity (Wildman–Crippen MR) is 66.9 cm³/mol. The molecule has 5 heteroatoms. The topological polar surface area (TPSA) is 75.2 Å². The molecule has 5 nitrogen and oxygen atoms in total. The Labute approximate surface area is 103 Å². The van der Waals surface area contributed by atoms with Gasteiger partial charge in [0.2, 0.25) is 0 Å². The average Bonchev–Trinajstić information content (AvgIpc) is 2.81. The average molecular weight is 246 g/mol. The third-order valence-electron chi connectivity index (χ3n) is 3.29. The van der Waals surface area contributed by atoms with Gasteiger partial charge in [-0.1, -0.05) is 0 Å². The summed E-state index contributed by atoms with van der Waals surface area (Å²) in [4.78, 5) is 18.4. The third kappa shape index (κ3) is 1.92. The van der Waals surface area contributed by atoms with Gasteiger partial charge in [0.05, 0.1) is 17.9 Å². The molecule has 1 heterocycles. The SMILES string of the molecule is O=c1[nH]cnc2cc(O)cc(OC3CCCC3)c12. The Kier molecular flexibility index (Phi) is 2.66. The standard InChI is InChI=1S/C13H14N2O3/c16-8-5-10-12(13(17)15-7-14-10)11(6-8)18-9-3-1-2-4-9/h5-7,9,16H,1-4H2,(H,14,15,17). The van der Waals surface area contributed by atoms with Gasteiger partial charge in [0.15, 0.2) is 0 Å². The number of phenols is 1. The van der Waals surface area contributed by atoms with E-state index in [1.807, 2.05) is 0 Å². The van der Waals surface area contributed by atoms with Gasteiger partial charge in [0, 0.05) is 12.1 Å². The number of benzene rings is 1.